The molecule has 3 nitrogen and oxygen atoms in total. The Kier molecular flexibility index (Phi) is 10.9. The lowest BCUT2D eigenvalue weighted by atomic mass is 10.2. The molecule has 0 unspecified atom stereocenters. The average molecular weight is 199 g/mol. The number of rotatable bonds is 3. The van der Waals surface area contributed by atoms with Crippen molar-refractivity contribution in [2.75, 3.05) is 13.7 Å². The fourth-order valence-corrected chi connectivity index (χ4v) is 0.765. The van der Waals surface area contributed by atoms with Crippen LogP contribution in [0.5, 0.6) is 0 Å². The molecule has 0 amide bonds. The van der Waals surface area contributed by atoms with Crippen molar-refractivity contribution >= 4 is 11.7 Å². The van der Waals surface area contributed by atoms with Crippen molar-refractivity contribution in [1.29, 1.82) is 0 Å². The van der Waals surface area contributed by atoms with E-state index in [1.807, 2.05) is 33.8 Å². The highest BCUT2D eigenvalue weighted by Crippen LogP contribution is 1.98. The number of nitrogens with zero attached hydrogens (tertiary/aromatic N) is 1. The maximum absolute atomic E-state index is 11.2. The van der Waals surface area contributed by atoms with Crippen molar-refractivity contribution in [3.63, 3.8) is 0 Å². The third-order valence-corrected chi connectivity index (χ3v) is 1.50. The van der Waals surface area contributed by atoms with Crippen LogP contribution < -0.4 is 0 Å². The predicted octanol–water partition coefficient (Wildman–Crippen LogP) is 2.61. The molecule has 0 bridgehead atoms. The largest absolute Gasteiger partial charge is 0.461 e. The fourth-order valence-electron chi connectivity index (χ4n) is 0.765. The van der Waals surface area contributed by atoms with Gasteiger partial charge in [-0.3, -0.25) is 4.99 Å². The summed E-state index contributed by atoms with van der Waals surface area (Å²) in [6, 6.07) is 0. The second-order valence-electron chi connectivity index (χ2n) is 2.26. The Morgan fingerprint density at radius 2 is 1.93 bits per heavy atom. The summed E-state index contributed by atoms with van der Waals surface area (Å²) in [6.07, 6.45) is 1.83. The molecule has 0 N–H and O–H groups in total. The Hall–Kier alpha value is -1.12. The Morgan fingerprint density at radius 1 is 1.43 bits per heavy atom. The predicted molar refractivity (Wildman–Crippen MR) is 60.8 cm³/mol. The second-order valence-corrected chi connectivity index (χ2v) is 2.26. The van der Waals surface area contributed by atoms with E-state index in [4.69, 9.17) is 4.74 Å². The Morgan fingerprint density at radius 3 is 2.21 bits per heavy atom. The van der Waals surface area contributed by atoms with Gasteiger partial charge in [-0.15, -0.1) is 0 Å². The van der Waals surface area contributed by atoms with E-state index in [9.17, 15) is 4.79 Å². The molecular weight excluding hydrogens is 178 g/mol. The van der Waals surface area contributed by atoms with Crippen LogP contribution in [0.3, 0.4) is 0 Å². The van der Waals surface area contributed by atoms with Crippen molar-refractivity contribution in [1.82, 2.24) is 0 Å². The van der Waals surface area contributed by atoms with Gasteiger partial charge in [0.1, 0.15) is 5.71 Å². The minimum absolute atomic E-state index is 0.351. The zero-order valence-corrected chi connectivity index (χ0v) is 10.0. The minimum atomic E-state index is -0.351. The topological polar surface area (TPSA) is 38.7 Å². The number of hydrogen-bond acceptors (Lipinski definition) is 3. The molecular formula is C11H21NO2. The zero-order valence-electron chi connectivity index (χ0n) is 10.0. The SMILES string of the molecule is C/C=C(/C)C(=NC)C(=O)OCC.CC. The third-order valence-electron chi connectivity index (χ3n) is 1.50. The van der Waals surface area contributed by atoms with E-state index < -0.39 is 0 Å². The highest BCUT2D eigenvalue weighted by Gasteiger charge is 2.12. The van der Waals surface area contributed by atoms with E-state index in [1.165, 1.54) is 0 Å². The van der Waals surface area contributed by atoms with Crippen LogP contribution in [0.4, 0.5) is 0 Å². The van der Waals surface area contributed by atoms with Gasteiger partial charge < -0.3 is 4.74 Å². The first-order chi connectivity index (χ1) is 6.67. The summed E-state index contributed by atoms with van der Waals surface area (Å²) in [5.41, 5.74) is 1.25. The Balaban J connectivity index is 0. The summed E-state index contributed by atoms with van der Waals surface area (Å²) in [7, 11) is 1.58. The summed E-state index contributed by atoms with van der Waals surface area (Å²) in [5, 5.41) is 0. The molecule has 0 radical (unpaired) electrons. The van der Waals surface area contributed by atoms with E-state index in [-0.39, 0.29) is 5.97 Å². The van der Waals surface area contributed by atoms with E-state index in [2.05, 4.69) is 4.99 Å². The van der Waals surface area contributed by atoms with Crippen LogP contribution >= 0.6 is 0 Å². The summed E-state index contributed by atoms with van der Waals surface area (Å²) in [6.45, 7) is 9.85. The van der Waals surface area contributed by atoms with Gasteiger partial charge in [0.2, 0.25) is 0 Å². The molecule has 0 aromatic rings. The van der Waals surface area contributed by atoms with Crippen LogP contribution in [0.1, 0.15) is 34.6 Å². The molecule has 0 aliphatic rings. The maximum Gasteiger partial charge on any atom is 0.356 e. The van der Waals surface area contributed by atoms with Gasteiger partial charge in [-0.2, -0.15) is 0 Å². The maximum atomic E-state index is 11.2. The standard InChI is InChI=1S/C9H15NO2.C2H6/c1-5-7(3)8(10-4)9(11)12-6-2;1-2/h5H,6H2,1-4H3;1-2H3/b7-5-,10-8?;. The molecule has 0 heterocycles. The van der Waals surface area contributed by atoms with Gasteiger partial charge in [0.15, 0.2) is 0 Å². The van der Waals surface area contributed by atoms with Gasteiger partial charge in [0.05, 0.1) is 6.61 Å². The number of aliphatic imine (C=N–C) groups is 1. The molecule has 0 rings (SSSR count). The lowest BCUT2D eigenvalue weighted by molar-refractivity contribution is -0.134. The van der Waals surface area contributed by atoms with Gasteiger partial charge in [0, 0.05) is 7.05 Å². The summed E-state index contributed by atoms with van der Waals surface area (Å²) in [4.78, 5) is 15.0. The molecule has 3 heteroatoms. The molecule has 0 aromatic carbocycles. The monoisotopic (exact) mass is 199 g/mol. The van der Waals surface area contributed by atoms with Gasteiger partial charge >= 0.3 is 5.97 Å². The van der Waals surface area contributed by atoms with Gasteiger partial charge in [-0.25, -0.2) is 4.79 Å². The molecule has 0 aliphatic heterocycles. The van der Waals surface area contributed by atoms with Crippen molar-refractivity contribution in [2.45, 2.75) is 34.6 Å². The molecule has 0 aliphatic carbocycles. The summed E-state index contributed by atoms with van der Waals surface area (Å²) in [5.74, 6) is -0.351. The minimum Gasteiger partial charge on any atom is -0.461 e. The van der Waals surface area contributed by atoms with E-state index in [1.54, 1.807) is 14.0 Å². The quantitative estimate of drug-likeness (QED) is 0.517. The van der Waals surface area contributed by atoms with Crippen molar-refractivity contribution in [3.8, 4) is 0 Å². The Labute approximate surface area is 86.9 Å². The zero-order chi connectivity index (χ0) is 11.6. The van der Waals surface area contributed by atoms with E-state index in [0.717, 1.165) is 5.57 Å². The smallest absolute Gasteiger partial charge is 0.356 e. The van der Waals surface area contributed by atoms with E-state index >= 15 is 0 Å². The van der Waals surface area contributed by atoms with Crippen molar-refractivity contribution in [3.05, 3.63) is 11.6 Å². The molecule has 0 spiro atoms. The van der Waals surface area contributed by atoms with Crippen molar-refractivity contribution < 1.29 is 9.53 Å². The molecule has 0 aromatic heterocycles. The molecule has 0 fully saturated rings. The first-order valence-corrected chi connectivity index (χ1v) is 4.94. The molecule has 0 atom stereocenters. The number of hydrogen-bond donors (Lipinski definition) is 0. The molecule has 0 saturated carbocycles. The second kappa shape index (κ2) is 9.96. The van der Waals surface area contributed by atoms with Crippen LogP contribution in [0.15, 0.2) is 16.6 Å². The average Bonchev–Trinajstić information content (AvgIpc) is 2.22. The summed E-state index contributed by atoms with van der Waals surface area (Å²) < 4.78 is 4.81. The van der Waals surface area contributed by atoms with Crippen LogP contribution in [0.25, 0.3) is 0 Å². The van der Waals surface area contributed by atoms with Crippen LogP contribution in [0, 0.1) is 0 Å². The van der Waals surface area contributed by atoms with E-state index in [0.29, 0.717) is 12.3 Å². The Bertz CT molecular complexity index is 217. The van der Waals surface area contributed by atoms with Crippen molar-refractivity contribution in [2.24, 2.45) is 4.99 Å². The number of ether oxygens (including phenoxy) is 1. The summed E-state index contributed by atoms with van der Waals surface area (Å²) >= 11 is 0. The first-order valence-electron chi connectivity index (χ1n) is 4.94. The van der Waals surface area contributed by atoms with Crippen LogP contribution in [-0.4, -0.2) is 25.3 Å². The normalized spacial score (nSPS) is 11.6. The lowest BCUT2D eigenvalue weighted by Gasteiger charge is -2.04. The fraction of sp³-hybridized carbons (Fsp3) is 0.636. The first kappa shape index (κ1) is 15.4. The lowest BCUT2D eigenvalue weighted by Crippen LogP contribution is -2.18. The highest BCUT2D eigenvalue weighted by molar-refractivity contribution is 6.43. The number of esters is 1. The molecule has 14 heavy (non-hydrogen) atoms. The van der Waals surface area contributed by atoms with Crippen LogP contribution in [0.2, 0.25) is 0 Å². The molecule has 0 saturated heterocycles. The third kappa shape index (κ3) is 5.51. The van der Waals surface area contributed by atoms with Gasteiger partial charge in [-0.1, -0.05) is 19.9 Å². The van der Waals surface area contributed by atoms with Gasteiger partial charge in [-0.05, 0) is 26.3 Å². The van der Waals surface area contributed by atoms with Gasteiger partial charge in [0.25, 0.3) is 0 Å². The molecule has 82 valence electrons. The van der Waals surface area contributed by atoms with Crippen LogP contribution in [-0.2, 0) is 9.53 Å². The number of allylic oxidation sites excluding steroid dienone is 1. The number of carbonyl (C=O) groups is 1. The number of carbonyl (C=O) groups excluding carboxylic acids is 1. The highest BCUT2D eigenvalue weighted by atomic mass is 16.5.